The SMILES string of the molecule is O=C(c1ccc(Sc2ccc([S+](c3ccccc3)c3ccccc3)cc2)cc1)c1ccccc1Cl.O=S(=O)([O-])C(F)(F)F. The summed E-state index contributed by atoms with van der Waals surface area (Å²) in [7, 11) is -6.25. The molecule has 0 aliphatic heterocycles. The van der Waals surface area contributed by atoms with E-state index in [-0.39, 0.29) is 16.7 Å². The van der Waals surface area contributed by atoms with Crippen LogP contribution < -0.4 is 0 Å². The van der Waals surface area contributed by atoms with Crippen LogP contribution in [0.15, 0.2) is 158 Å². The van der Waals surface area contributed by atoms with Crippen molar-refractivity contribution in [2.75, 3.05) is 0 Å². The zero-order chi connectivity index (χ0) is 31.0. The van der Waals surface area contributed by atoms with Gasteiger partial charge in [-0.25, -0.2) is 8.42 Å². The largest absolute Gasteiger partial charge is 0.741 e. The fourth-order valence-corrected chi connectivity index (χ4v) is 6.90. The number of benzene rings is 5. The van der Waals surface area contributed by atoms with E-state index in [1.807, 2.05) is 36.4 Å². The van der Waals surface area contributed by atoms with Gasteiger partial charge in [0.05, 0.1) is 15.9 Å². The van der Waals surface area contributed by atoms with Crippen molar-refractivity contribution in [1.82, 2.24) is 0 Å². The Hall–Kier alpha value is -3.54. The summed E-state index contributed by atoms with van der Waals surface area (Å²) in [5, 5.41) is 0.473. The zero-order valence-corrected chi connectivity index (χ0v) is 25.3. The number of carbonyl (C=O) groups is 1. The Morgan fingerprint density at radius 1 is 0.651 bits per heavy atom. The van der Waals surface area contributed by atoms with Crippen LogP contribution in [0.2, 0.25) is 5.02 Å². The van der Waals surface area contributed by atoms with Crippen LogP contribution in [0, 0.1) is 0 Å². The number of hydrogen-bond acceptors (Lipinski definition) is 5. The lowest BCUT2D eigenvalue weighted by Crippen LogP contribution is -2.21. The molecule has 0 unspecified atom stereocenters. The van der Waals surface area contributed by atoms with Crippen molar-refractivity contribution in [1.29, 1.82) is 0 Å². The molecule has 11 heteroatoms. The molecule has 0 aliphatic rings. The van der Waals surface area contributed by atoms with E-state index in [0.29, 0.717) is 16.1 Å². The van der Waals surface area contributed by atoms with Crippen LogP contribution in [0.4, 0.5) is 13.2 Å². The summed E-state index contributed by atoms with van der Waals surface area (Å²) in [5.74, 6) is -0.0645. The minimum atomic E-state index is -6.09. The quantitative estimate of drug-likeness (QED) is 0.0756. The van der Waals surface area contributed by atoms with Gasteiger partial charge in [0.25, 0.3) is 0 Å². The molecular weight excluding hydrogens is 637 g/mol. The van der Waals surface area contributed by atoms with Crippen LogP contribution in [0.25, 0.3) is 0 Å². The van der Waals surface area contributed by atoms with Crippen molar-refractivity contribution in [3.63, 3.8) is 0 Å². The van der Waals surface area contributed by atoms with Gasteiger partial charge in [-0.15, -0.1) is 0 Å². The lowest BCUT2D eigenvalue weighted by molar-refractivity contribution is -0.0517. The molecule has 220 valence electrons. The van der Waals surface area contributed by atoms with Gasteiger partial charge in [-0.3, -0.25) is 4.79 Å². The maximum Gasteiger partial charge on any atom is 0.485 e. The highest BCUT2D eigenvalue weighted by atomic mass is 35.5. The average Bonchev–Trinajstić information content (AvgIpc) is 2.99. The molecule has 0 saturated carbocycles. The monoisotopic (exact) mass is 658 g/mol. The van der Waals surface area contributed by atoms with Crippen molar-refractivity contribution in [2.24, 2.45) is 0 Å². The van der Waals surface area contributed by atoms with Crippen LogP contribution in [-0.4, -0.2) is 24.3 Å². The first-order chi connectivity index (χ1) is 20.4. The number of alkyl halides is 3. The van der Waals surface area contributed by atoms with Crippen LogP contribution in [-0.2, 0) is 21.0 Å². The second kappa shape index (κ2) is 14.3. The lowest BCUT2D eigenvalue weighted by Gasteiger charge is -2.09. The van der Waals surface area contributed by atoms with Crippen molar-refractivity contribution in [2.45, 2.75) is 30.0 Å². The molecule has 0 bridgehead atoms. The second-order valence-electron chi connectivity index (χ2n) is 8.74. The lowest BCUT2D eigenvalue weighted by atomic mass is 10.0. The van der Waals surface area contributed by atoms with E-state index in [1.165, 1.54) is 14.7 Å². The predicted octanol–water partition coefficient (Wildman–Crippen LogP) is 8.87. The maximum atomic E-state index is 12.8. The fraction of sp³-hybridized carbons (Fsp3) is 0.0312. The number of ketones is 1. The van der Waals surface area contributed by atoms with Crippen molar-refractivity contribution in [3.05, 3.63) is 150 Å². The summed E-state index contributed by atoms with van der Waals surface area (Å²) in [4.78, 5) is 18.9. The van der Waals surface area contributed by atoms with Gasteiger partial charge in [0.15, 0.2) is 30.6 Å². The summed E-state index contributed by atoms with van der Waals surface area (Å²) >= 11 is 7.88. The smallest absolute Gasteiger partial charge is 0.485 e. The third-order valence-corrected chi connectivity index (χ3v) is 9.91. The molecule has 0 spiro atoms. The molecule has 43 heavy (non-hydrogen) atoms. The summed E-state index contributed by atoms with van der Waals surface area (Å²) in [6.07, 6.45) is 0. The van der Waals surface area contributed by atoms with E-state index in [1.54, 1.807) is 23.9 Å². The molecule has 0 aliphatic carbocycles. The number of hydrogen-bond donors (Lipinski definition) is 0. The highest BCUT2D eigenvalue weighted by Gasteiger charge is 2.37. The standard InChI is InChI=1S/C31H22ClOS2.CHF3O3S/c32-30-14-8-7-13-29(30)31(33)23-15-17-24(18-16-23)34-25-19-21-28(22-20-25)35(26-9-3-1-4-10-26)27-11-5-2-6-12-27;2-1(3,4)8(5,6)7/h1-22H;(H,5,6,7)/q+1;/p-1. The Labute approximate surface area is 259 Å². The molecule has 0 radical (unpaired) electrons. The number of rotatable bonds is 7. The Kier molecular flexibility index (Phi) is 10.8. The third-order valence-electron chi connectivity index (χ3n) is 5.77. The molecule has 5 aromatic rings. The van der Waals surface area contributed by atoms with E-state index in [9.17, 15) is 18.0 Å². The fourth-order valence-electron chi connectivity index (χ4n) is 3.78. The van der Waals surface area contributed by atoms with Gasteiger partial charge in [-0.05, 0) is 84.9 Å². The first-order valence-electron chi connectivity index (χ1n) is 12.5. The van der Waals surface area contributed by atoms with Crippen molar-refractivity contribution >= 4 is 50.2 Å². The number of carbonyl (C=O) groups excluding carboxylic acids is 1. The van der Waals surface area contributed by atoms with E-state index in [4.69, 9.17) is 24.6 Å². The van der Waals surface area contributed by atoms with Gasteiger partial charge in [0.1, 0.15) is 0 Å². The number of halogens is 4. The normalized spacial score (nSPS) is 11.5. The van der Waals surface area contributed by atoms with Gasteiger partial charge in [0, 0.05) is 20.9 Å². The van der Waals surface area contributed by atoms with Gasteiger partial charge in [-0.2, -0.15) is 13.2 Å². The van der Waals surface area contributed by atoms with Crippen LogP contribution in [0.1, 0.15) is 15.9 Å². The molecule has 0 saturated heterocycles. The third kappa shape index (κ3) is 8.75. The van der Waals surface area contributed by atoms with Gasteiger partial charge in [-0.1, -0.05) is 71.9 Å². The van der Waals surface area contributed by atoms with E-state index in [2.05, 4.69) is 84.9 Å². The van der Waals surface area contributed by atoms with E-state index in [0.717, 1.165) is 9.79 Å². The molecule has 5 aromatic carbocycles. The summed E-state index contributed by atoms with van der Waals surface area (Å²) in [6, 6.07) is 45.0. The molecular formula is C32H22ClF3O4S3. The molecule has 0 heterocycles. The summed E-state index contributed by atoms with van der Waals surface area (Å²) in [5.41, 5.74) is -4.49. The van der Waals surface area contributed by atoms with E-state index >= 15 is 0 Å². The Balaban J connectivity index is 0.000000467. The van der Waals surface area contributed by atoms with Crippen molar-refractivity contribution < 1.29 is 30.9 Å². The van der Waals surface area contributed by atoms with Gasteiger partial charge < -0.3 is 4.55 Å². The van der Waals surface area contributed by atoms with Gasteiger partial charge in [0.2, 0.25) is 0 Å². The van der Waals surface area contributed by atoms with Crippen LogP contribution in [0.5, 0.6) is 0 Å². The molecule has 0 fully saturated rings. The van der Waals surface area contributed by atoms with Crippen molar-refractivity contribution in [3.8, 4) is 0 Å². The van der Waals surface area contributed by atoms with E-state index < -0.39 is 15.6 Å². The zero-order valence-electron chi connectivity index (χ0n) is 22.1. The minimum Gasteiger partial charge on any atom is -0.741 e. The molecule has 0 atom stereocenters. The minimum absolute atomic E-state index is 0.0645. The summed E-state index contributed by atoms with van der Waals surface area (Å²) < 4.78 is 58.9. The molecule has 0 aromatic heterocycles. The topological polar surface area (TPSA) is 74.3 Å². The highest BCUT2D eigenvalue weighted by Crippen LogP contribution is 2.34. The Morgan fingerprint density at radius 2 is 1.05 bits per heavy atom. The predicted molar refractivity (Wildman–Crippen MR) is 163 cm³/mol. The maximum absolute atomic E-state index is 12.8. The first-order valence-corrected chi connectivity index (χ1v) is 16.3. The van der Waals surface area contributed by atoms with Crippen LogP contribution >= 0.6 is 23.4 Å². The molecule has 0 N–H and O–H groups in total. The molecule has 5 rings (SSSR count). The molecule has 0 amide bonds. The Bertz CT molecular complexity index is 1730. The molecule has 4 nitrogen and oxygen atoms in total. The van der Waals surface area contributed by atoms with Gasteiger partial charge >= 0.3 is 5.51 Å². The first kappa shape index (κ1) is 32.4. The summed E-state index contributed by atoms with van der Waals surface area (Å²) in [6.45, 7) is 0. The Morgan fingerprint density at radius 3 is 1.49 bits per heavy atom. The average molecular weight is 659 g/mol. The second-order valence-corrected chi connectivity index (χ2v) is 13.7. The highest BCUT2D eigenvalue weighted by molar-refractivity contribution is 7.99. The van der Waals surface area contributed by atoms with Crippen LogP contribution in [0.3, 0.4) is 0 Å².